The highest BCUT2D eigenvalue weighted by atomic mass is 16.4. The van der Waals surface area contributed by atoms with E-state index in [4.69, 9.17) is 10.8 Å². The molecule has 0 unspecified atom stereocenters. The minimum absolute atomic E-state index is 0.225. The fourth-order valence-electron chi connectivity index (χ4n) is 3.39. The van der Waals surface area contributed by atoms with Gasteiger partial charge in [-0.25, -0.2) is 14.8 Å². The van der Waals surface area contributed by atoms with Crippen molar-refractivity contribution in [3.63, 3.8) is 0 Å². The summed E-state index contributed by atoms with van der Waals surface area (Å²) in [6, 6.07) is 16.8. The molecule has 4 N–H and O–H groups in total. The molecule has 1 aliphatic rings. The van der Waals surface area contributed by atoms with Crippen molar-refractivity contribution in [2.75, 3.05) is 47.0 Å². The van der Waals surface area contributed by atoms with Crippen LogP contribution in [-0.4, -0.2) is 47.2 Å². The first-order valence-corrected chi connectivity index (χ1v) is 9.37. The van der Waals surface area contributed by atoms with E-state index in [0.717, 1.165) is 26.2 Å². The van der Waals surface area contributed by atoms with Gasteiger partial charge in [0.25, 0.3) is 0 Å². The number of hydrogen-bond acceptors (Lipinski definition) is 7. The van der Waals surface area contributed by atoms with Crippen molar-refractivity contribution in [1.82, 2.24) is 9.97 Å². The fourth-order valence-corrected chi connectivity index (χ4v) is 3.39. The van der Waals surface area contributed by atoms with Crippen LogP contribution in [0.3, 0.4) is 0 Å². The Morgan fingerprint density at radius 2 is 1.59 bits per heavy atom. The number of hydrogen-bond donors (Lipinski definition) is 3. The van der Waals surface area contributed by atoms with Crippen LogP contribution in [0.1, 0.15) is 10.4 Å². The lowest BCUT2D eigenvalue weighted by molar-refractivity contribution is 0.0697. The Labute approximate surface area is 168 Å². The molecule has 1 aliphatic heterocycles. The average molecular weight is 390 g/mol. The third kappa shape index (κ3) is 4.06. The summed E-state index contributed by atoms with van der Waals surface area (Å²) < 4.78 is 0. The SMILES string of the molecule is Nc1c(Nc2ccc(C(=O)O)cc2)ncnc1N1CCN(c2ccccc2)CC1. The van der Waals surface area contributed by atoms with E-state index >= 15 is 0 Å². The van der Waals surface area contributed by atoms with Crippen molar-refractivity contribution in [3.05, 3.63) is 66.5 Å². The number of nitrogen functional groups attached to an aromatic ring is 1. The molecule has 148 valence electrons. The first-order chi connectivity index (χ1) is 14.1. The predicted octanol–water partition coefficient (Wildman–Crippen LogP) is 2.83. The van der Waals surface area contributed by atoms with Crippen LogP contribution in [0.2, 0.25) is 0 Å². The maximum absolute atomic E-state index is 11.0. The standard InChI is InChI=1S/C21H22N6O2/c22-18-19(25-16-8-6-15(7-9-16)21(28)29)23-14-24-20(18)27-12-10-26(11-13-27)17-4-2-1-3-5-17/h1-9,14H,10-13,22H2,(H,28,29)(H,23,24,25). The van der Waals surface area contributed by atoms with Crippen LogP contribution in [-0.2, 0) is 0 Å². The molecule has 1 saturated heterocycles. The van der Waals surface area contributed by atoms with Crippen LogP contribution in [0.5, 0.6) is 0 Å². The van der Waals surface area contributed by atoms with Gasteiger partial charge in [0.1, 0.15) is 12.0 Å². The van der Waals surface area contributed by atoms with E-state index in [1.807, 2.05) is 18.2 Å². The Morgan fingerprint density at radius 1 is 0.931 bits per heavy atom. The van der Waals surface area contributed by atoms with Crippen LogP contribution in [0, 0.1) is 0 Å². The molecule has 1 fully saturated rings. The van der Waals surface area contributed by atoms with E-state index in [-0.39, 0.29) is 5.56 Å². The summed E-state index contributed by atoms with van der Waals surface area (Å²) in [6.45, 7) is 3.38. The minimum Gasteiger partial charge on any atom is -0.478 e. The zero-order valence-corrected chi connectivity index (χ0v) is 15.8. The molecule has 0 aliphatic carbocycles. The highest BCUT2D eigenvalue weighted by Crippen LogP contribution is 2.29. The maximum atomic E-state index is 11.0. The van der Waals surface area contributed by atoms with Crippen LogP contribution in [0.4, 0.5) is 28.7 Å². The normalized spacial score (nSPS) is 13.9. The molecule has 0 atom stereocenters. The summed E-state index contributed by atoms with van der Waals surface area (Å²) in [5.74, 6) is 0.246. The van der Waals surface area contributed by atoms with Crippen LogP contribution in [0.15, 0.2) is 60.9 Å². The minimum atomic E-state index is -0.963. The highest BCUT2D eigenvalue weighted by Gasteiger charge is 2.21. The van der Waals surface area contributed by atoms with Crippen molar-refractivity contribution in [2.24, 2.45) is 0 Å². The number of piperazine rings is 1. The maximum Gasteiger partial charge on any atom is 0.335 e. The second-order valence-electron chi connectivity index (χ2n) is 6.78. The quantitative estimate of drug-likeness (QED) is 0.610. The lowest BCUT2D eigenvalue weighted by Gasteiger charge is -2.37. The van der Waals surface area contributed by atoms with Gasteiger partial charge in [-0.3, -0.25) is 0 Å². The van der Waals surface area contributed by atoms with Crippen LogP contribution >= 0.6 is 0 Å². The molecular weight excluding hydrogens is 368 g/mol. The average Bonchev–Trinajstić information content (AvgIpc) is 2.76. The summed E-state index contributed by atoms with van der Waals surface area (Å²) in [6.07, 6.45) is 1.49. The van der Waals surface area contributed by atoms with Crippen LogP contribution in [0.25, 0.3) is 0 Å². The van der Waals surface area contributed by atoms with Gasteiger partial charge < -0.3 is 26.0 Å². The molecule has 3 aromatic rings. The molecule has 8 heteroatoms. The number of nitrogens with one attached hydrogen (secondary N) is 1. The van der Waals surface area contributed by atoms with Gasteiger partial charge >= 0.3 is 5.97 Å². The van der Waals surface area contributed by atoms with Gasteiger partial charge in [0.15, 0.2) is 11.6 Å². The van der Waals surface area contributed by atoms with Crippen molar-refractivity contribution in [2.45, 2.75) is 0 Å². The molecule has 0 bridgehead atoms. The number of aromatic carboxylic acids is 1. The van der Waals surface area contributed by atoms with Crippen molar-refractivity contribution in [3.8, 4) is 0 Å². The molecule has 0 amide bonds. The number of rotatable bonds is 5. The van der Waals surface area contributed by atoms with Gasteiger partial charge in [0, 0.05) is 37.6 Å². The van der Waals surface area contributed by atoms with E-state index in [1.165, 1.54) is 24.1 Å². The van der Waals surface area contributed by atoms with E-state index in [0.29, 0.717) is 23.0 Å². The monoisotopic (exact) mass is 390 g/mol. The van der Waals surface area contributed by atoms with Crippen molar-refractivity contribution in [1.29, 1.82) is 0 Å². The number of carboxylic acid groups (broad SMARTS) is 1. The number of carboxylic acids is 1. The predicted molar refractivity (Wildman–Crippen MR) is 114 cm³/mol. The topological polar surface area (TPSA) is 108 Å². The number of benzene rings is 2. The zero-order chi connectivity index (χ0) is 20.2. The van der Waals surface area contributed by atoms with Gasteiger partial charge in [0.2, 0.25) is 0 Å². The summed E-state index contributed by atoms with van der Waals surface area (Å²) in [5, 5.41) is 12.2. The smallest absolute Gasteiger partial charge is 0.335 e. The lowest BCUT2D eigenvalue weighted by atomic mass is 10.2. The highest BCUT2D eigenvalue weighted by molar-refractivity contribution is 5.88. The number of para-hydroxylation sites is 1. The Morgan fingerprint density at radius 3 is 2.24 bits per heavy atom. The van der Waals surface area contributed by atoms with E-state index in [1.54, 1.807) is 12.1 Å². The summed E-state index contributed by atoms with van der Waals surface area (Å²) in [5.41, 5.74) is 8.98. The zero-order valence-electron chi connectivity index (χ0n) is 15.8. The Kier molecular flexibility index (Phi) is 5.15. The number of aromatic nitrogens is 2. The molecule has 0 saturated carbocycles. The van der Waals surface area contributed by atoms with Crippen LogP contribution < -0.4 is 20.9 Å². The van der Waals surface area contributed by atoms with Gasteiger partial charge in [-0.15, -0.1) is 0 Å². The molecule has 2 heterocycles. The summed E-state index contributed by atoms with van der Waals surface area (Å²) in [4.78, 5) is 24.1. The second-order valence-corrected chi connectivity index (χ2v) is 6.78. The van der Waals surface area contributed by atoms with E-state index < -0.39 is 5.97 Å². The van der Waals surface area contributed by atoms with Gasteiger partial charge in [-0.2, -0.15) is 0 Å². The van der Waals surface area contributed by atoms with Crippen molar-refractivity contribution < 1.29 is 9.90 Å². The van der Waals surface area contributed by atoms with E-state index in [9.17, 15) is 4.79 Å². The second kappa shape index (κ2) is 8.05. The molecule has 8 nitrogen and oxygen atoms in total. The van der Waals surface area contributed by atoms with Crippen molar-refractivity contribution >= 4 is 34.7 Å². The fraction of sp³-hybridized carbons (Fsp3) is 0.190. The molecule has 0 radical (unpaired) electrons. The Balaban J connectivity index is 1.46. The van der Waals surface area contributed by atoms with Gasteiger partial charge in [-0.1, -0.05) is 18.2 Å². The molecule has 29 heavy (non-hydrogen) atoms. The third-order valence-corrected chi connectivity index (χ3v) is 4.96. The number of anilines is 5. The molecule has 1 aromatic heterocycles. The van der Waals surface area contributed by atoms with Gasteiger partial charge in [-0.05, 0) is 36.4 Å². The number of nitrogens with two attached hydrogens (primary N) is 1. The first kappa shape index (κ1) is 18.5. The molecular formula is C21H22N6O2. The number of nitrogens with zero attached hydrogens (tertiary/aromatic N) is 4. The largest absolute Gasteiger partial charge is 0.478 e. The Bertz CT molecular complexity index is 986. The first-order valence-electron chi connectivity index (χ1n) is 9.37. The number of carbonyl (C=O) groups is 1. The summed E-state index contributed by atoms with van der Waals surface area (Å²) in [7, 11) is 0. The molecule has 2 aromatic carbocycles. The van der Waals surface area contributed by atoms with Gasteiger partial charge in [0.05, 0.1) is 5.56 Å². The lowest BCUT2D eigenvalue weighted by Crippen LogP contribution is -2.47. The Hall–Kier alpha value is -3.81. The molecule has 4 rings (SSSR count). The third-order valence-electron chi connectivity index (χ3n) is 4.96. The molecule has 0 spiro atoms. The van der Waals surface area contributed by atoms with E-state index in [2.05, 4.69) is 37.2 Å². The summed E-state index contributed by atoms with van der Waals surface area (Å²) >= 11 is 0.